The van der Waals surface area contributed by atoms with Crippen LogP contribution in [-0.2, 0) is 0 Å². The summed E-state index contributed by atoms with van der Waals surface area (Å²) in [5.74, 6) is 1.33. The van der Waals surface area contributed by atoms with E-state index in [-0.39, 0.29) is 6.03 Å². The summed E-state index contributed by atoms with van der Waals surface area (Å²) < 4.78 is 0. The Kier molecular flexibility index (Phi) is 3.17. The van der Waals surface area contributed by atoms with Gasteiger partial charge in [-0.2, -0.15) is 0 Å². The van der Waals surface area contributed by atoms with E-state index < -0.39 is 0 Å². The predicted octanol–water partition coefficient (Wildman–Crippen LogP) is 2.18. The Labute approximate surface area is 92.4 Å². The van der Waals surface area contributed by atoms with E-state index in [1.54, 1.807) is 0 Å². The number of likely N-dealkylation sites (tertiary alicyclic amines) is 2. The minimum absolute atomic E-state index is 0.283. The van der Waals surface area contributed by atoms with Gasteiger partial charge in [-0.25, -0.2) is 4.79 Å². The third-order valence-electron chi connectivity index (χ3n) is 3.52. The molecule has 3 heteroatoms. The number of carbonyl (C=O) groups excluding carboxylic acids is 1. The van der Waals surface area contributed by atoms with Crippen molar-refractivity contribution in [3.8, 4) is 0 Å². The zero-order valence-electron chi connectivity index (χ0n) is 9.91. The lowest BCUT2D eigenvalue weighted by Crippen LogP contribution is -2.48. The molecule has 3 nitrogen and oxygen atoms in total. The molecule has 2 atom stereocenters. The lowest BCUT2D eigenvalue weighted by molar-refractivity contribution is 0.120. The number of hydrogen-bond acceptors (Lipinski definition) is 1. The summed E-state index contributed by atoms with van der Waals surface area (Å²) in [5.41, 5.74) is 0. The van der Waals surface area contributed by atoms with Gasteiger partial charge in [-0.3, -0.25) is 0 Å². The maximum Gasteiger partial charge on any atom is 0.320 e. The van der Waals surface area contributed by atoms with E-state index >= 15 is 0 Å². The van der Waals surface area contributed by atoms with Crippen LogP contribution in [-0.4, -0.2) is 42.0 Å². The number of nitrogens with zero attached hydrogens (tertiary/aromatic N) is 2. The van der Waals surface area contributed by atoms with Crippen molar-refractivity contribution in [3.05, 3.63) is 0 Å². The van der Waals surface area contributed by atoms with Crippen LogP contribution in [0.1, 0.15) is 33.1 Å². The minimum atomic E-state index is 0.283. The molecular weight excluding hydrogens is 188 g/mol. The molecule has 0 radical (unpaired) electrons. The number of carbonyl (C=O) groups is 1. The molecule has 0 saturated carbocycles. The number of urea groups is 1. The van der Waals surface area contributed by atoms with Gasteiger partial charge in [0, 0.05) is 26.2 Å². The lowest BCUT2D eigenvalue weighted by atomic mass is 9.92. The Hall–Kier alpha value is -0.730. The first-order valence-electron chi connectivity index (χ1n) is 6.20. The minimum Gasteiger partial charge on any atom is -0.325 e. The highest BCUT2D eigenvalue weighted by Gasteiger charge is 2.29. The quantitative estimate of drug-likeness (QED) is 0.601. The second-order valence-corrected chi connectivity index (χ2v) is 5.33. The van der Waals surface area contributed by atoms with Crippen molar-refractivity contribution in [2.45, 2.75) is 33.1 Å². The maximum atomic E-state index is 12.1. The van der Waals surface area contributed by atoms with E-state index in [2.05, 4.69) is 18.7 Å². The van der Waals surface area contributed by atoms with Crippen LogP contribution in [0.3, 0.4) is 0 Å². The van der Waals surface area contributed by atoms with Crippen molar-refractivity contribution in [2.75, 3.05) is 26.2 Å². The number of amides is 2. The fourth-order valence-electron chi connectivity index (χ4n) is 2.93. The van der Waals surface area contributed by atoms with Crippen LogP contribution in [0.25, 0.3) is 0 Å². The van der Waals surface area contributed by atoms with Gasteiger partial charge in [0.2, 0.25) is 0 Å². The lowest BCUT2D eigenvalue weighted by Gasteiger charge is -2.37. The highest BCUT2D eigenvalue weighted by molar-refractivity contribution is 5.74. The molecule has 0 N–H and O–H groups in total. The van der Waals surface area contributed by atoms with E-state index in [1.807, 2.05) is 4.90 Å². The van der Waals surface area contributed by atoms with E-state index in [4.69, 9.17) is 0 Å². The molecule has 2 aliphatic heterocycles. The largest absolute Gasteiger partial charge is 0.325 e. The fraction of sp³-hybridized carbons (Fsp3) is 0.917. The topological polar surface area (TPSA) is 23.6 Å². The highest BCUT2D eigenvalue weighted by Crippen LogP contribution is 2.22. The second-order valence-electron chi connectivity index (χ2n) is 5.33. The summed E-state index contributed by atoms with van der Waals surface area (Å²) in [7, 11) is 0. The van der Waals surface area contributed by atoms with Crippen LogP contribution in [0.15, 0.2) is 0 Å². The number of rotatable bonds is 0. The zero-order valence-corrected chi connectivity index (χ0v) is 9.91. The molecule has 0 spiro atoms. The molecule has 0 bridgehead atoms. The molecule has 0 aliphatic carbocycles. The second kappa shape index (κ2) is 4.42. The van der Waals surface area contributed by atoms with E-state index in [0.717, 1.165) is 26.2 Å². The Bertz CT molecular complexity index is 226. The van der Waals surface area contributed by atoms with Gasteiger partial charge < -0.3 is 9.80 Å². The van der Waals surface area contributed by atoms with Crippen molar-refractivity contribution in [3.63, 3.8) is 0 Å². The molecule has 0 aromatic heterocycles. The van der Waals surface area contributed by atoms with Crippen LogP contribution >= 0.6 is 0 Å². The molecule has 86 valence electrons. The average Bonchev–Trinajstić information content (AvgIpc) is 2.67. The molecule has 0 aromatic carbocycles. The van der Waals surface area contributed by atoms with Crippen molar-refractivity contribution in [2.24, 2.45) is 11.8 Å². The molecule has 2 fully saturated rings. The Morgan fingerprint density at radius 2 is 1.53 bits per heavy atom. The Morgan fingerprint density at radius 3 is 2.07 bits per heavy atom. The third kappa shape index (κ3) is 2.44. The molecule has 2 rings (SSSR count). The first-order valence-corrected chi connectivity index (χ1v) is 6.20. The first-order chi connectivity index (χ1) is 7.16. The van der Waals surface area contributed by atoms with Crippen molar-refractivity contribution in [1.82, 2.24) is 9.80 Å². The van der Waals surface area contributed by atoms with Crippen LogP contribution < -0.4 is 0 Å². The summed E-state index contributed by atoms with van der Waals surface area (Å²) in [6.07, 6.45) is 3.64. The summed E-state index contributed by atoms with van der Waals surface area (Å²) in [5, 5.41) is 0. The standard InChI is InChI=1S/C12H22N2O/c1-10-7-11(2)9-14(8-10)12(15)13-5-3-4-6-13/h10-11H,3-9H2,1-2H3. The monoisotopic (exact) mass is 210 g/mol. The summed E-state index contributed by atoms with van der Waals surface area (Å²) >= 11 is 0. The van der Waals surface area contributed by atoms with Crippen LogP contribution in [0, 0.1) is 11.8 Å². The van der Waals surface area contributed by atoms with Crippen molar-refractivity contribution in [1.29, 1.82) is 0 Å². The molecule has 2 unspecified atom stereocenters. The summed E-state index contributed by atoms with van der Waals surface area (Å²) in [6.45, 7) is 8.36. The smallest absolute Gasteiger partial charge is 0.320 e. The van der Waals surface area contributed by atoms with Gasteiger partial charge in [-0.05, 0) is 31.1 Å². The number of hydrogen-bond donors (Lipinski definition) is 0. The molecule has 0 aromatic rings. The highest BCUT2D eigenvalue weighted by atomic mass is 16.2. The SMILES string of the molecule is CC1CC(C)CN(C(=O)N2CCCC2)C1. The Morgan fingerprint density at radius 1 is 1.00 bits per heavy atom. The van der Waals surface area contributed by atoms with Crippen LogP contribution in [0.2, 0.25) is 0 Å². The van der Waals surface area contributed by atoms with Crippen molar-refractivity contribution < 1.29 is 4.79 Å². The van der Waals surface area contributed by atoms with Gasteiger partial charge in [0.1, 0.15) is 0 Å². The van der Waals surface area contributed by atoms with E-state index in [1.165, 1.54) is 19.3 Å². The first kappa shape index (κ1) is 10.8. The van der Waals surface area contributed by atoms with Gasteiger partial charge in [0.15, 0.2) is 0 Å². The summed E-state index contributed by atoms with van der Waals surface area (Å²) in [4.78, 5) is 16.2. The summed E-state index contributed by atoms with van der Waals surface area (Å²) in [6, 6.07) is 0.283. The van der Waals surface area contributed by atoms with E-state index in [9.17, 15) is 4.79 Å². The van der Waals surface area contributed by atoms with Crippen LogP contribution in [0.4, 0.5) is 4.79 Å². The van der Waals surface area contributed by atoms with Gasteiger partial charge >= 0.3 is 6.03 Å². The number of piperidine rings is 1. The average molecular weight is 210 g/mol. The normalized spacial score (nSPS) is 32.1. The van der Waals surface area contributed by atoms with Gasteiger partial charge in [0.05, 0.1) is 0 Å². The van der Waals surface area contributed by atoms with E-state index in [0.29, 0.717) is 11.8 Å². The third-order valence-corrected chi connectivity index (χ3v) is 3.52. The zero-order chi connectivity index (χ0) is 10.8. The van der Waals surface area contributed by atoms with Crippen molar-refractivity contribution >= 4 is 6.03 Å². The predicted molar refractivity (Wildman–Crippen MR) is 60.7 cm³/mol. The van der Waals surface area contributed by atoms with Crippen LogP contribution in [0.5, 0.6) is 0 Å². The molecule has 2 amide bonds. The maximum absolute atomic E-state index is 12.1. The van der Waals surface area contributed by atoms with Gasteiger partial charge in [0.25, 0.3) is 0 Å². The molecule has 2 saturated heterocycles. The Balaban J connectivity index is 1.93. The molecular formula is C12H22N2O. The molecule has 2 aliphatic rings. The molecule has 15 heavy (non-hydrogen) atoms. The fourth-order valence-corrected chi connectivity index (χ4v) is 2.93. The van der Waals surface area contributed by atoms with Gasteiger partial charge in [-0.15, -0.1) is 0 Å². The van der Waals surface area contributed by atoms with Gasteiger partial charge in [-0.1, -0.05) is 13.8 Å². The molecule has 2 heterocycles.